The second-order valence-corrected chi connectivity index (χ2v) is 7.61. The van der Waals surface area contributed by atoms with Gasteiger partial charge >= 0.3 is 0 Å². The summed E-state index contributed by atoms with van der Waals surface area (Å²) in [6, 6.07) is 14.7. The van der Waals surface area contributed by atoms with Crippen molar-refractivity contribution < 1.29 is 14.3 Å². The van der Waals surface area contributed by atoms with E-state index >= 15 is 0 Å². The third-order valence-electron chi connectivity index (χ3n) is 5.39. The lowest BCUT2D eigenvalue weighted by atomic mass is 10.0. The molecule has 7 nitrogen and oxygen atoms in total. The Morgan fingerprint density at radius 3 is 2.72 bits per heavy atom. The molecule has 0 aliphatic carbocycles. The summed E-state index contributed by atoms with van der Waals surface area (Å²) in [6.45, 7) is 5.03. The van der Waals surface area contributed by atoms with E-state index in [0.717, 1.165) is 23.5 Å². The third-order valence-corrected chi connectivity index (χ3v) is 5.39. The maximum Gasteiger partial charge on any atom is 0.248 e. The average Bonchev–Trinajstić information content (AvgIpc) is 2.72. The highest BCUT2D eigenvalue weighted by Crippen LogP contribution is 2.18. The van der Waals surface area contributed by atoms with Gasteiger partial charge < -0.3 is 15.0 Å². The normalized spacial score (nSPS) is 22.3. The molecule has 2 aliphatic heterocycles. The molecule has 2 aliphatic rings. The zero-order valence-electron chi connectivity index (χ0n) is 16.6. The zero-order chi connectivity index (χ0) is 20.2. The van der Waals surface area contributed by atoms with Crippen LogP contribution < -0.4 is 5.32 Å². The molecule has 1 aromatic carbocycles. The number of nitrogens with zero attached hydrogens (tertiary/aromatic N) is 3. The van der Waals surface area contributed by atoms with E-state index in [9.17, 15) is 9.59 Å². The molecule has 29 heavy (non-hydrogen) atoms. The highest BCUT2D eigenvalue weighted by molar-refractivity contribution is 5.97. The number of aryl methyl sites for hydroxylation is 1. The zero-order valence-corrected chi connectivity index (χ0v) is 16.6. The number of carbonyl (C=O) groups is 2. The minimum atomic E-state index is -0.618. The molecule has 2 amide bonds. The summed E-state index contributed by atoms with van der Waals surface area (Å²) in [5, 5.41) is 2.85. The summed E-state index contributed by atoms with van der Waals surface area (Å²) >= 11 is 0. The van der Waals surface area contributed by atoms with E-state index < -0.39 is 12.1 Å². The monoisotopic (exact) mass is 394 g/mol. The van der Waals surface area contributed by atoms with Gasteiger partial charge in [0, 0.05) is 31.9 Å². The maximum absolute atomic E-state index is 12.9. The predicted octanol–water partition coefficient (Wildman–Crippen LogP) is 1.12. The number of carbonyl (C=O) groups excluding carboxylic acids is 2. The first-order valence-electron chi connectivity index (χ1n) is 9.97. The molecule has 0 spiro atoms. The number of benzene rings is 1. The molecule has 2 atom stereocenters. The van der Waals surface area contributed by atoms with Gasteiger partial charge in [-0.15, -0.1) is 0 Å². The number of hydrogen-bond acceptors (Lipinski definition) is 5. The van der Waals surface area contributed by atoms with E-state index in [1.165, 1.54) is 0 Å². The van der Waals surface area contributed by atoms with Crippen LogP contribution in [-0.4, -0.2) is 64.9 Å². The lowest BCUT2D eigenvalue weighted by Gasteiger charge is -2.45. The summed E-state index contributed by atoms with van der Waals surface area (Å²) in [4.78, 5) is 33.9. The van der Waals surface area contributed by atoms with Crippen molar-refractivity contribution in [2.45, 2.75) is 32.2 Å². The van der Waals surface area contributed by atoms with Crippen LogP contribution in [0.2, 0.25) is 0 Å². The van der Waals surface area contributed by atoms with Gasteiger partial charge in [0.2, 0.25) is 11.8 Å². The minimum Gasteiger partial charge on any atom is -0.374 e. The summed E-state index contributed by atoms with van der Waals surface area (Å²) < 4.78 is 5.69. The second-order valence-electron chi connectivity index (χ2n) is 7.61. The molecule has 4 rings (SSSR count). The smallest absolute Gasteiger partial charge is 0.248 e. The SMILES string of the molecule is Cc1cccc(CN2CCN3C(=O)[C@H](COCc4ccccc4)NC(=O)[C@H]3C2)n1. The topological polar surface area (TPSA) is 74.8 Å². The Kier molecular flexibility index (Phi) is 5.87. The van der Waals surface area contributed by atoms with Crippen LogP contribution in [0.25, 0.3) is 0 Å². The predicted molar refractivity (Wildman–Crippen MR) is 108 cm³/mol. The molecule has 0 bridgehead atoms. The Bertz CT molecular complexity index is 873. The molecular formula is C22H26N4O3. The van der Waals surface area contributed by atoms with E-state index in [1.807, 2.05) is 55.5 Å². The molecule has 2 fully saturated rings. The Hall–Kier alpha value is -2.77. The summed E-state index contributed by atoms with van der Waals surface area (Å²) in [7, 11) is 0. The van der Waals surface area contributed by atoms with Gasteiger partial charge in [0.25, 0.3) is 0 Å². The van der Waals surface area contributed by atoms with Gasteiger partial charge in [-0.3, -0.25) is 19.5 Å². The molecule has 0 unspecified atom stereocenters. The summed E-state index contributed by atoms with van der Waals surface area (Å²) in [5.41, 5.74) is 3.00. The fourth-order valence-corrected chi connectivity index (χ4v) is 3.90. The molecule has 152 valence electrons. The third kappa shape index (κ3) is 4.63. The van der Waals surface area contributed by atoms with E-state index in [-0.39, 0.29) is 18.4 Å². The fourth-order valence-electron chi connectivity index (χ4n) is 3.90. The number of nitrogens with one attached hydrogen (secondary N) is 1. The number of piperazine rings is 2. The van der Waals surface area contributed by atoms with Crippen molar-refractivity contribution in [3.8, 4) is 0 Å². The largest absolute Gasteiger partial charge is 0.374 e. The van der Waals surface area contributed by atoms with Crippen molar-refractivity contribution in [2.75, 3.05) is 26.2 Å². The molecule has 0 radical (unpaired) electrons. The first-order valence-corrected chi connectivity index (χ1v) is 9.97. The van der Waals surface area contributed by atoms with Crippen molar-refractivity contribution in [3.05, 3.63) is 65.5 Å². The Balaban J connectivity index is 1.32. The van der Waals surface area contributed by atoms with Gasteiger partial charge in [0.1, 0.15) is 12.1 Å². The van der Waals surface area contributed by atoms with E-state index in [1.54, 1.807) is 4.90 Å². The van der Waals surface area contributed by atoms with Crippen LogP contribution in [0.1, 0.15) is 17.0 Å². The van der Waals surface area contributed by atoms with Crippen molar-refractivity contribution in [1.29, 1.82) is 0 Å². The lowest BCUT2D eigenvalue weighted by molar-refractivity contribution is -0.155. The highest BCUT2D eigenvalue weighted by atomic mass is 16.5. The first kappa shape index (κ1) is 19.5. The van der Waals surface area contributed by atoms with Crippen molar-refractivity contribution >= 4 is 11.8 Å². The van der Waals surface area contributed by atoms with Crippen LogP contribution in [-0.2, 0) is 27.5 Å². The number of hydrogen-bond donors (Lipinski definition) is 1. The van der Waals surface area contributed by atoms with Crippen LogP contribution in [0, 0.1) is 6.92 Å². The van der Waals surface area contributed by atoms with Gasteiger partial charge in [-0.2, -0.15) is 0 Å². The molecule has 2 saturated heterocycles. The number of fused-ring (bicyclic) bond motifs is 1. The fraction of sp³-hybridized carbons (Fsp3) is 0.409. The summed E-state index contributed by atoms with van der Waals surface area (Å²) in [5.74, 6) is -0.171. The van der Waals surface area contributed by atoms with Crippen LogP contribution >= 0.6 is 0 Å². The quantitative estimate of drug-likeness (QED) is 0.795. The number of amides is 2. The van der Waals surface area contributed by atoms with E-state index in [2.05, 4.69) is 15.2 Å². The number of pyridine rings is 1. The molecule has 1 aromatic heterocycles. The van der Waals surface area contributed by atoms with Crippen LogP contribution in [0.5, 0.6) is 0 Å². The molecule has 3 heterocycles. The van der Waals surface area contributed by atoms with Gasteiger partial charge in [-0.05, 0) is 24.6 Å². The molecule has 1 N–H and O–H groups in total. The van der Waals surface area contributed by atoms with Gasteiger partial charge in [-0.1, -0.05) is 36.4 Å². The molecular weight excluding hydrogens is 368 g/mol. The van der Waals surface area contributed by atoms with Gasteiger partial charge in [0.05, 0.1) is 18.9 Å². The van der Waals surface area contributed by atoms with Crippen LogP contribution in [0.4, 0.5) is 0 Å². The summed E-state index contributed by atoms with van der Waals surface area (Å²) in [6.07, 6.45) is 0. The van der Waals surface area contributed by atoms with E-state index in [0.29, 0.717) is 26.2 Å². The highest BCUT2D eigenvalue weighted by Gasteiger charge is 2.43. The Morgan fingerprint density at radius 1 is 1.10 bits per heavy atom. The van der Waals surface area contributed by atoms with Crippen molar-refractivity contribution in [1.82, 2.24) is 20.1 Å². The Labute approximate surface area is 170 Å². The maximum atomic E-state index is 12.9. The number of ether oxygens (including phenoxy) is 1. The van der Waals surface area contributed by atoms with Gasteiger partial charge in [0.15, 0.2) is 0 Å². The van der Waals surface area contributed by atoms with Gasteiger partial charge in [-0.25, -0.2) is 0 Å². The molecule has 0 saturated carbocycles. The number of aromatic nitrogens is 1. The van der Waals surface area contributed by atoms with Crippen LogP contribution in [0.3, 0.4) is 0 Å². The lowest BCUT2D eigenvalue weighted by Crippen LogP contribution is -2.69. The molecule has 2 aromatic rings. The molecule has 7 heteroatoms. The first-order chi connectivity index (χ1) is 14.1. The standard InChI is InChI=1S/C22H26N4O3/c1-16-6-5-9-18(23-16)12-25-10-11-26-20(13-25)21(27)24-19(22(26)28)15-29-14-17-7-3-2-4-8-17/h2-9,19-20H,10-15H2,1H3,(H,24,27)/t19-,20+/m0/s1. The Morgan fingerprint density at radius 2 is 1.93 bits per heavy atom. The number of rotatable bonds is 6. The minimum absolute atomic E-state index is 0.0593. The average molecular weight is 394 g/mol. The van der Waals surface area contributed by atoms with Crippen molar-refractivity contribution in [3.63, 3.8) is 0 Å². The van der Waals surface area contributed by atoms with Crippen LogP contribution in [0.15, 0.2) is 48.5 Å². The van der Waals surface area contributed by atoms with Crippen molar-refractivity contribution in [2.24, 2.45) is 0 Å². The second kappa shape index (κ2) is 8.71. The van der Waals surface area contributed by atoms with E-state index in [4.69, 9.17) is 4.74 Å².